The van der Waals surface area contributed by atoms with Gasteiger partial charge in [0.2, 0.25) is 0 Å². The summed E-state index contributed by atoms with van der Waals surface area (Å²) < 4.78 is 375. The Kier molecular flexibility index (Phi) is 9.50. The smallest absolute Gasteiger partial charge is 0.201 e. The Morgan fingerprint density at radius 2 is 0.522 bits per heavy atom. The molecule has 1 aromatic rings. The average molecular weight is 752 g/mol. The van der Waals surface area contributed by atoms with Gasteiger partial charge in [-0.25, -0.2) is 13.2 Å². The van der Waals surface area contributed by atoms with Crippen LogP contribution < -0.4 is 10.7 Å². The highest BCUT2D eigenvalue weighted by Crippen LogP contribution is 2.67. The van der Waals surface area contributed by atoms with Crippen LogP contribution in [-0.4, -0.2) is 53.6 Å². The molecule has 1 aromatic carbocycles. The molecule has 0 aliphatic rings. The van der Waals surface area contributed by atoms with Crippen molar-refractivity contribution in [1.82, 2.24) is 0 Å². The summed E-state index contributed by atoms with van der Waals surface area (Å²) in [6.45, 7) is 0. The van der Waals surface area contributed by atoms with Gasteiger partial charge in [0.25, 0.3) is 0 Å². The molecule has 46 heavy (non-hydrogen) atoms. The minimum Gasteiger partial charge on any atom is -0.201 e. The summed E-state index contributed by atoms with van der Waals surface area (Å²) in [6, 6.07) is 0. The van der Waals surface area contributed by atoms with Crippen LogP contribution in [0.1, 0.15) is 5.56 Å². The van der Waals surface area contributed by atoms with Gasteiger partial charge in [0.1, 0.15) is 0 Å². The summed E-state index contributed by atoms with van der Waals surface area (Å²) in [6.07, 6.45) is -8.23. The zero-order chi connectivity index (χ0) is 37.6. The molecule has 0 aromatic heterocycles. The normalized spacial score (nSPS) is 15.4. The van der Waals surface area contributed by atoms with Crippen LogP contribution in [0.15, 0.2) is 0 Å². The van der Waals surface area contributed by atoms with E-state index >= 15 is 0 Å². The monoisotopic (exact) mass is 752 g/mol. The van der Waals surface area contributed by atoms with Gasteiger partial charge in [-0.3, -0.25) is 0 Å². The van der Waals surface area contributed by atoms with Crippen molar-refractivity contribution >= 4 is 11.4 Å². The molecule has 0 saturated carbocycles. The molecular weight excluding hydrogens is 752 g/mol. The van der Waals surface area contributed by atoms with Crippen LogP contribution in [0.3, 0.4) is 0 Å². The topological polar surface area (TPSA) is 6.48 Å². The predicted molar refractivity (Wildman–Crippen MR) is 85.2 cm³/mol. The van der Waals surface area contributed by atoms with Gasteiger partial charge in [0, 0.05) is 0 Å². The van der Waals surface area contributed by atoms with E-state index in [0.29, 0.717) is 0 Å². The highest BCUT2D eigenvalue weighted by atomic mass is 19.4. The Morgan fingerprint density at radius 3 is 0.739 bits per heavy atom. The van der Waals surface area contributed by atoms with Crippen molar-refractivity contribution in [3.8, 4) is 0 Å². The van der Waals surface area contributed by atoms with Crippen molar-refractivity contribution in [3.05, 3.63) is 23.0 Å². The lowest BCUT2D eigenvalue weighted by molar-refractivity contribution is -0.474. The SMILES string of the molecule is Fc1c(F)c(N(F)F)c(C(F)(F)C(F)(F)C(F)(F)C(F)(F)C(F)(F)C(F)(F)C(F)(F)C(F)(F)C(F)(F)C(F)(F)F)c(N(F)F)c1F. The first-order valence-electron chi connectivity index (χ1n) is 9.66. The van der Waals surface area contributed by atoms with E-state index in [9.17, 15) is 123 Å². The second kappa shape index (κ2) is 10.7. The van der Waals surface area contributed by atoms with Gasteiger partial charge in [-0.15, -0.1) is 0 Å². The van der Waals surface area contributed by atoms with E-state index in [0.717, 1.165) is 0 Å². The number of benzene rings is 1. The van der Waals surface area contributed by atoms with Crippen molar-refractivity contribution in [2.75, 3.05) is 10.7 Å². The summed E-state index contributed by atoms with van der Waals surface area (Å²) in [4.78, 5) is 0. The maximum atomic E-state index is 14.4. The van der Waals surface area contributed by atoms with E-state index in [1.54, 1.807) is 0 Å². The Balaban J connectivity index is 4.20. The third-order valence-electron chi connectivity index (χ3n) is 5.44. The minimum atomic E-state index is -9.69. The van der Waals surface area contributed by atoms with Gasteiger partial charge in [-0.05, 0) is 10.7 Å². The van der Waals surface area contributed by atoms with Crippen LogP contribution >= 0.6 is 0 Å². The van der Waals surface area contributed by atoms with Crippen LogP contribution in [0.4, 0.5) is 135 Å². The first-order valence-corrected chi connectivity index (χ1v) is 9.66. The van der Waals surface area contributed by atoms with Crippen molar-refractivity contribution < 1.29 is 123 Å². The van der Waals surface area contributed by atoms with E-state index in [-0.39, 0.29) is 0 Å². The molecule has 1 rings (SSSR count). The predicted octanol–water partition coefficient (Wildman–Crippen LogP) is 9.99. The van der Waals surface area contributed by atoms with Crippen molar-refractivity contribution in [3.63, 3.8) is 0 Å². The Morgan fingerprint density at radius 1 is 0.304 bits per heavy atom. The van der Waals surface area contributed by atoms with Crippen LogP contribution in [-0.2, 0) is 5.92 Å². The molecule has 0 heterocycles. The lowest BCUT2D eigenvalue weighted by atomic mass is 9.84. The standard InChI is InChI=1S/C16F28N2/c17-2-3(18)5(45(41)42)1(6(4(2)19)46(43)44)7(20,21)8(22,23)9(24,25)10(26,27)11(28,29)12(30,31)13(32,33)14(34,35)15(36,37)16(38,39)40. The average Bonchev–Trinajstić information content (AvgIpc) is 2.84. The zero-order valence-electron chi connectivity index (χ0n) is 19.5. The van der Waals surface area contributed by atoms with Gasteiger partial charge >= 0.3 is 59.5 Å². The highest BCUT2D eigenvalue weighted by molar-refractivity contribution is 5.69. The molecule has 0 N–H and O–H groups in total. The summed E-state index contributed by atoms with van der Waals surface area (Å²) >= 11 is 0. The molecule has 2 nitrogen and oxygen atoms in total. The fourth-order valence-corrected chi connectivity index (χ4v) is 2.97. The number of nitrogens with zero attached hydrogens (tertiary/aromatic N) is 2. The first-order chi connectivity index (χ1) is 19.7. The molecule has 0 spiro atoms. The maximum Gasteiger partial charge on any atom is 0.460 e. The van der Waals surface area contributed by atoms with Gasteiger partial charge in [0.15, 0.2) is 28.8 Å². The zero-order valence-corrected chi connectivity index (χ0v) is 19.5. The summed E-state index contributed by atoms with van der Waals surface area (Å²) in [5, 5.41) is -7.21. The molecule has 0 aliphatic heterocycles. The Labute approximate surface area is 229 Å². The van der Waals surface area contributed by atoms with Gasteiger partial charge in [-0.1, -0.05) is 17.9 Å². The van der Waals surface area contributed by atoms with Crippen molar-refractivity contribution in [2.45, 2.75) is 59.5 Å². The van der Waals surface area contributed by atoms with Crippen molar-refractivity contribution in [2.24, 2.45) is 0 Å². The molecule has 0 radical (unpaired) electrons. The third kappa shape index (κ3) is 4.84. The first kappa shape index (κ1) is 40.9. The van der Waals surface area contributed by atoms with Crippen molar-refractivity contribution in [1.29, 1.82) is 0 Å². The lowest BCUT2D eigenvalue weighted by Gasteiger charge is -2.44. The molecule has 0 fully saturated rings. The van der Waals surface area contributed by atoms with Gasteiger partial charge in [-0.2, -0.15) is 92.2 Å². The minimum absolute atomic E-state index is 3.60. The molecule has 0 amide bonds. The number of anilines is 2. The van der Waals surface area contributed by atoms with Crippen LogP contribution in [0.5, 0.6) is 0 Å². The number of alkyl halides is 21. The number of rotatable bonds is 11. The Hall–Kier alpha value is -3.14. The molecule has 0 bridgehead atoms. The van der Waals surface area contributed by atoms with Crippen LogP contribution in [0.2, 0.25) is 0 Å². The molecule has 0 atom stereocenters. The number of hydrogen-bond acceptors (Lipinski definition) is 2. The second-order valence-corrected chi connectivity index (χ2v) is 8.15. The maximum absolute atomic E-state index is 14.4. The van der Waals surface area contributed by atoms with E-state index in [1.807, 2.05) is 0 Å². The van der Waals surface area contributed by atoms with Gasteiger partial charge in [0.05, 0.1) is 5.56 Å². The molecule has 0 saturated heterocycles. The summed E-state index contributed by atoms with van der Waals surface area (Å²) in [7, 11) is 0. The Bertz CT molecular complexity index is 1270. The fraction of sp³-hybridized carbons (Fsp3) is 0.625. The molecular formula is C16F28N2. The lowest BCUT2D eigenvalue weighted by Crippen LogP contribution is -2.76. The third-order valence-corrected chi connectivity index (χ3v) is 5.44. The quantitative estimate of drug-likeness (QED) is 0.126. The van der Waals surface area contributed by atoms with E-state index in [4.69, 9.17) is 0 Å². The van der Waals surface area contributed by atoms with Crippen LogP contribution in [0, 0.1) is 17.5 Å². The summed E-state index contributed by atoms with van der Waals surface area (Å²) in [5.74, 6) is -95.6. The van der Waals surface area contributed by atoms with Gasteiger partial charge < -0.3 is 0 Å². The summed E-state index contributed by atoms with van der Waals surface area (Å²) in [5.41, 5.74) is -13.4. The van der Waals surface area contributed by atoms with Crippen LogP contribution in [0.25, 0.3) is 0 Å². The van der Waals surface area contributed by atoms with E-state index < -0.39 is 105 Å². The molecule has 0 aliphatic carbocycles. The molecule has 30 heteroatoms. The highest BCUT2D eigenvalue weighted by Gasteiger charge is 2.98. The molecule has 270 valence electrons. The number of hydrogen-bond donors (Lipinski definition) is 0. The number of halogens is 28. The second-order valence-electron chi connectivity index (χ2n) is 8.15. The van der Waals surface area contributed by atoms with E-state index in [1.165, 1.54) is 0 Å². The van der Waals surface area contributed by atoms with E-state index in [2.05, 4.69) is 0 Å². The molecule has 0 unspecified atom stereocenters. The largest absolute Gasteiger partial charge is 0.460 e. The fourth-order valence-electron chi connectivity index (χ4n) is 2.97.